The molecule has 5 nitrogen and oxygen atoms in total. The van der Waals surface area contributed by atoms with Crippen LogP contribution in [0.1, 0.15) is 25.7 Å². The van der Waals surface area contributed by atoms with Gasteiger partial charge < -0.3 is 5.73 Å². The highest BCUT2D eigenvalue weighted by Gasteiger charge is 2.32. The Balaban J connectivity index is 2.24. The van der Waals surface area contributed by atoms with Crippen LogP contribution in [0.3, 0.4) is 0 Å². The number of hydrogen-bond donors (Lipinski definition) is 1. The minimum atomic E-state index is -3.25. The summed E-state index contributed by atoms with van der Waals surface area (Å²) < 4.78 is 25.9. The predicted molar refractivity (Wildman–Crippen MR) is 68.2 cm³/mol. The van der Waals surface area contributed by atoms with Gasteiger partial charge in [-0.1, -0.05) is 12.8 Å². The fourth-order valence-corrected chi connectivity index (χ4v) is 3.92. The summed E-state index contributed by atoms with van der Waals surface area (Å²) in [6.45, 7) is 0. The molecule has 0 aliphatic heterocycles. The largest absolute Gasteiger partial charge is 0.384 e. The van der Waals surface area contributed by atoms with Crippen molar-refractivity contribution in [3.63, 3.8) is 0 Å². The number of hydrogen-bond acceptors (Lipinski definition) is 4. The molecule has 0 bridgehead atoms. The third-order valence-corrected chi connectivity index (χ3v) is 5.53. The minimum absolute atomic E-state index is 0.245. The van der Waals surface area contributed by atoms with Crippen molar-refractivity contribution in [3.8, 4) is 0 Å². The maximum absolute atomic E-state index is 12.3. The molecular weight excluding hydrogens is 238 g/mol. The molecule has 1 aliphatic carbocycles. The lowest BCUT2D eigenvalue weighted by atomic mass is 10.4. The fourth-order valence-electron chi connectivity index (χ4n) is 2.14. The third kappa shape index (κ3) is 2.36. The molecule has 0 unspecified atom stereocenters. The number of nitrogen functional groups attached to an aromatic ring is 1. The molecule has 1 aromatic rings. The molecule has 0 aromatic carbocycles. The number of rotatable bonds is 3. The summed E-state index contributed by atoms with van der Waals surface area (Å²) in [5, 5.41) is -0.245. The van der Waals surface area contributed by atoms with Crippen molar-refractivity contribution in [1.29, 1.82) is 0 Å². The second-order valence-electron chi connectivity index (χ2n) is 4.36. The van der Waals surface area contributed by atoms with Gasteiger partial charge in [0.15, 0.2) is 0 Å². The summed E-state index contributed by atoms with van der Waals surface area (Å²) in [5.41, 5.74) is 6.04. The monoisotopic (exact) mass is 255 g/mol. The Hall–Kier alpha value is -1.30. The van der Waals surface area contributed by atoms with Crippen molar-refractivity contribution in [2.24, 2.45) is 0 Å². The van der Waals surface area contributed by atoms with E-state index in [2.05, 4.69) is 4.98 Å². The minimum Gasteiger partial charge on any atom is -0.384 e. The molecular formula is C11H17N3O2S. The van der Waals surface area contributed by atoms with Gasteiger partial charge in [0.1, 0.15) is 5.82 Å². The van der Waals surface area contributed by atoms with Crippen molar-refractivity contribution < 1.29 is 8.42 Å². The molecule has 17 heavy (non-hydrogen) atoms. The molecule has 0 spiro atoms. The van der Waals surface area contributed by atoms with E-state index in [1.165, 1.54) is 10.5 Å². The molecule has 1 saturated carbocycles. The molecule has 0 atom stereocenters. The van der Waals surface area contributed by atoms with Crippen LogP contribution in [0.2, 0.25) is 0 Å². The normalized spacial score (nSPS) is 17.2. The first-order valence-corrected chi connectivity index (χ1v) is 7.21. The van der Waals surface area contributed by atoms with Gasteiger partial charge in [-0.2, -0.15) is 0 Å². The van der Waals surface area contributed by atoms with Crippen LogP contribution in [-0.2, 0) is 10.0 Å². The van der Waals surface area contributed by atoms with Crippen molar-refractivity contribution in [1.82, 2.24) is 4.98 Å². The van der Waals surface area contributed by atoms with Gasteiger partial charge in [-0.15, -0.1) is 0 Å². The summed E-state index contributed by atoms with van der Waals surface area (Å²) in [6, 6.07) is 3.28. The zero-order valence-corrected chi connectivity index (χ0v) is 10.7. The Bertz CT molecular complexity index is 478. The zero-order valence-electron chi connectivity index (χ0n) is 9.83. The first kappa shape index (κ1) is 12.2. The van der Waals surface area contributed by atoms with Gasteiger partial charge in [0.05, 0.1) is 17.1 Å². The Morgan fingerprint density at radius 2 is 2.00 bits per heavy atom. The van der Waals surface area contributed by atoms with E-state index in [0.717, 1.165) is 25.7 Å². The Kier molecular flexibility index (Phi) is 3.24. The first-order valence-electron chi connectivity index (χ1n) is 5.71. The van der Waals surface area contributed by atoms with Crippen LogP contribution in [0.15, 0.2) is 18.3 Å². The van der Waals surface area contributed by atoms with Crippen molar-refractivity contribution in [2.45, 2.75) is 30.9 Å². The lowest BCUT2D eigenvalue weighted by Gasteiger charge is -2.23. The highest BCUT2D eigenvalue weighted by Crippen LogP contribution is 2.28. The lowest BCUT2D eigenvalue weighted by Crippen LogP contribution is -2.34. The van der Waals surface area contributed by atoms with Crippen LogP contribution in [0.25, 0.3) is 0 Å². The second-order valence-corrected chi connectivity index (χ2v) is 6.60. The molecule has 1 aromatic heterocycles. The molecule has 1 aliphatic rings. The number of aromatic nitrogens is 1. The highest BCUT2D eigenvalue weighted by atomic mass is 32.2. The Morgan fingerprint density at radius 3 is 2.53 bits per heavy atom. The number of anilines is 2. The van der Waals surface area contributed by atoms with Crippen molar-refractivity contribution in [3.05, 3.63) is 18.3 Å². The first-order chi connectivity index (χ1) is 8.01. The van der Waals surface area contributed by atoms with E-state index in [1.807, 2.05) is 0 Å². The summed E-state index contributed by atoms with van der Waals surface area (Å²) in [5.74, 6) is 0.389. The van der Waals surface area contributed by atoms with E-state index in [-0.39, 0.29) is 5.25 Å². The third-order valence-electron chi connectivity index (χ3n) is 3.24. The Labute approximate surface area is 102 Å². The van der Waals surface area contributed by atoms with Gasteiger partial charge in [-0.3, -0.25) is 4.31 Å². The lowest BCUT2D eigenvalue weighted by molar-refractivity contribution is 0.578. The number of nitrogens with two attached hydrogens (primary N) is 1. The highest BCUT2D eigenvalue weighted by molar-refractivity contribution is 7.93. The van der Waals surface area contributed by atoms with Crippen molar-refractivity contribution >= 4 is 21.5 Å². The standard InChI is InChI=1S/C11H17N3O2S/c1-14(9-6-7-11(12)13-8-9)17(15,16)10-4-2-3-5-10/h6-8,10H,2-5H2,1H3,(H2,12,13). The van der Waals surface area contributed by atoms with Gasteiger partial charge in [0.25, 0.3) is 0 Å². The van der Waals surface area contributed by atoms with Crippen LogP contribution in [0, 0.1) is 0 Å². The quantitative estimate of drug-likeness (QED) is 0.885. The van der Waals surface area contributed by atoms with E-state index in [9.17, 15) is 8.42 Å². The van der Waals surface area contributed by atoms with Crippen LogP contribution >= 0.6 is 0 Å². The SMILES string of the molecule is CN(c1ccc(N)nc1)S(=O)(=O)C1CCCC1. The second kappa shape index (κ2) is 4.52. The summed E-state index contributed by atoms with van der Waals surface area (Å²) in [6.07, 6.45) is 5.00. The summed E-state index contributed by atoms with van der Waals surface area (Å²) >= 11 is 0. The Morgan fingerprint density at radius 1 is 1.35 bits per heavy atom. The molecule has 1 heterocycles. The van der Waals surface area contributed by atoms with Crippen LogP contribution in [-0.4, -0.2) is 25.7 Å². The van der Waals surface area contributed by atoms with Crippen molar-refractivity contribution in [2.75, 3.05) is 17.1 Å². The van der Waals surface area contributed by atoms with Crippen LogP contribution in [0.5, 0.6) is 0 Å². The van der Waals surface area contributed by atoms with E-state index in [0.29, 0.717) is 11.5 Å². The summed E-state index contributed by atoms with van der Waals surface area (Å²) in [4.78, 5) is 3.91. The van der Waals surface area contributed by atoms with Gasteiger partial charge in [0.2, 0.25) is 10.0 Å². The molecule has 1 fully saturated rings. The van der Waals surface area contributed by atoms with Gasteiger partial charge >= 0.3 is 0 Å². The maximum Gasteiger partial charge on any atom is 0.237 e. The van der Waals surface area contributed by atoms with Gasteiger partial charge in [0, 0.05) is 7.05 Å². The van der Waals surface area contributed by atoms with Gasteiger partial charge in [-0.05, 0) is 25.0 Å². The van der Waals surface area contributed by atoms with E-state index in [1.54, 1.807) is 19.2 Å². The molecule has 0 radical (unpaired) electrons. The summed E-state index contributed by atoms with van der Waals surface area (Å²) in [7, 11) is -1.68. The number of pyridine rings is 1. The fraction of sp³-hybridized carbons (Fsp3) is 0.545. The topological polar surface area (TPSA) is 76.3 Å². The van der Waals surface area contributed by atoms with E-state index in [4.69, 9.17) is 5.73 Å². The average Bonchev–Trinajstić information content (AvgIpc) is 2.83. The number of sulfonamides is 1. The van der Waals surface area contributed by atoms with E-state index >= 15 is 0 Å². The molecule has 2 rings (SSSR count). The molecule has 0 amide bonds. The average molecular weight is 255 g/mol. The maximum atomic E-state index is 12.3. The van der Waals surface area contributed by atoms with E-state index < -0.39 is 10.0 Å². The van der Waals surface area contributed by atoms with Crippen LogP contribution < -0.4 is 10.0 Å². The molecule has 94 valence electrons. The number of nitrogens with zero attached hydrogens (tertiary/aromatic N) is 2. The van der Waals surface area contributed by atoms with Crippen LogP contribution in [0.4, 0.5) is 11.5 Å². The molecule has 2 N–H and O–H groups in total. The predicted octanol–water partition coefficient (Wildman–Crippen LogP) is 1.37. The smallest absolute Gasteiger partial charge is 0.237 e. The molecule has 6 heteroatoms. The zero-order chi connectivity index (χ0) is 12.5. The van der Waals surface area contributed by atoms with Gasteiger partial charge in [-0.25, -0.2) is 13.4 Å². The molecule has 0 saturated heterocycles.